The van der Waals surface area contributed by atoms with Crippen molar-refractivity contribution in [2.24, 2.45) is 0 Å². The fraction of sp³-hybridized carbons (Fsp3) is 0.333. The van der Waals surface area contributed by atoms with Gasteiger partial charge in [-0.15, -0.1) is 0 Å². The van der Waals surface area contributed by atoms with E-state index >= 15 is 0 Å². The number of carbonyl (C=O) groups is 2. The van der Waals surface area contributed by atoms with Crippen LogP contribution in [0.4, 0.5) is 10.1 Å². The summed E-state index contributed by atoms with van der Waals surface area (Å²) in [6.45, 7) is 2.29. The Morgan fingerprint density at radius 3 is 2.23 bits per heavy atom. The normalized spacial score (nSPS) is 11.9. The zero-order valence-corrected chi connectivity index (χ0v) is 23.9. The van der Waals surface area contributed by atoms with E-state index in [4.69, 9.17) is 4.74 Å². The van der Waals surface area contributed by atoms with E-state index in [1.807, 2.05) is 37.3 Å². The van der Waals surface area contributed by atoms with E-state index in [1.54, 1.807) is 42.5 Å². The second-order valence-electron chi connectivity index (χ2n) is 9.30. The summed E-state index contributed by atoms with van der Waals surface area (Å²) in [6.07, 6.45) is 1.50. The highest BCUT2D eigenvalue weighted by atomic mass is 32.2. The Bertz CT molecular complexity index is 1370. The summed E-state index contributed by atoms with van der Waals surface area (Å²) in [5.41, 5.74) is 1.58. The van der Waals surface area contributed by atoms with Crippen molar-refractivity contribution in [2.75, 3.05) is 30.8 Å². The Balaban J connectivity index is 1.83. The number of benzene rings is 3. The maximum atomic E-state index is 14.6. The van der Waals surface area contributed by atoms with Crippen LogP contribution in [0.2, 0.25) is 0 Å². The van der Waals surface area contributed by atoms with Crippen LogP contribution in [-0.2, 0) is 32.6 Å². The van der Waals surface area contributed by atoms with Crippen LogP contribution >= 0.6 is 0 Å². The molecule has 0 spiro atoms. The highest BCUT2D eigenvalue weighted by Gasteiger charge is 2.30. The molecule has 0 saturated heterocycles. The van der Waals surface area contributed by atoms with Crippen molar-refractivity contribution in [1.29, 1.82) is 0 Å². The fourth-order valence-corrected chi connectivity index (χ4v) is 5.38. The van der Waals surface area contributed by atoms with Gasteiger partial charge in [0.25, 0.3) is 0 Å². The highest BCUT2D eigenvalue weighted by molar-refractivity contribution is 7.92. The van der Waals surface area contributed by atoms with Gasteiger partial charge in [0.2, 0.25) is 21.8 Å². The fourth-order valence-electron chi connectivity index (χ4n) is 4.41. The van der Waals surface area contributed by atoms with E-state index in [-0.39, 0.29) is 49.7 Å². The lowest BCUT2D eigenvalue weighted by atomic mass is 10.0. The van der Waals surface area contributed by atoms with E-state index < -0.39 is 21.9 Å². The molecule has 1 atom stereocenters. The van der Waals surface area contributed by atoms with Crippen LogP contribution in [0.1, 0.15) is 30.9 Å². The standard InChI is InChI=1S/C30H36FN3O5S/c1-4-39-26-18-16-25(17-19-26)34(40(3,37)38)20-10-15-29(35)33(22-24-13-8-9-14-27(24)31)28(30(36)32-2)21-23-11-6-5-7-12-23/h5-9,11-14,16-19,28H,4,10,15,20-22H2,1-3H3,(H,32,36). The number of hydrogen-bond acceptors (Lipinski definition) is 5. The maximum absolute atomic E-state index is 14.6. The molecule has 1 unspecified atom stereocenters. The summed E-state index contributed by atoms with van der Waals surface area (Å²) in [5, 5.41) is 2.63. The predicted octanol–water partition coefficient (Wildman–Crippen LogP) is 4.16. The second kappa shape index (κ2) is 14.5. The first-order chi connectivity index (χ1) is 19.1. The van der Waals surface area contributed by atoms with E-state index in [0.29, 0.717) is 18.0 Å². The lowest BCUT2D eigenvalue weighted by Crippen LogP contribution is -2.50. The summed E-state index contributed by atoms with van der Waals surface area (Å²) in [4.78, 5) is 28.0. The molecular weight excluding hydrogens is 533 g/mol. The van der Waals surface area contributed by atoms with E-state index in [0.717, 1.165) is 11.8 Å². The van der Waals surface area contributed by atoms with E-state index in [1.165, 1.54) is 22.3 Å². The Morgan fingerprint density at radius 1 is 0.975 bits per heavy atom. The molecule has 0 heterocycles. The van der Waals surface area contributed by atoms with Crippen molar-refractivity contribution < 1.29 is 27.1 Å². The number of nitrogens with zero attached hydrogens (tertiary/aromatic N) is 2. The molecule has 2 amide bonds. The molecule has 10 heteroatoms. The molecule has 0 aromatic heterocycles. The summed E-state index contributed by atoms with van der Waals surface area (Å²) < 4.78 is 46.4. The molecule has 0 fully saturated rings. The van der Waals surface area contributed by atoms with Gasteiger partial charge in [0.1, 0.15) is 17.6 Å². The van der Waals surface area contributed by atoms with Crippen LogP contribution in [0, 0.1) is 5.82 Å². The van der Waals surface area contributed by atoms with Gasteiger partial charge in [-0.25, -0.2) is 12.8 Å². The first kappa shape index (κ1) is 30.6. The number of amides is 2. The van der Waals surface area contributed by atoms with Crippen LogP contribution in [0.25, 0.3) is 0 Å². The lowest BCUT2D eigenvalue weighted by Gasteiger charge is -2.31. The molecule has 0 aliphatic carbocycles. The van der Waals surface area contributed by atoms with Gasteiger partial charge in [0.15, 0.2) is 0 Å². The maximum Gasteiger partial charge on any atom is 0.242 e. The molecule has 3 aromatic rings. The molecule has 40 heavy (non-hydrogen) atoms. The molecule has 0 saturated carbocycles. The topological polar surface area (TPSA) is 96.0 Å². The number of nitrogens with one attached hydrogen (secondary N) is 1. The van der Waals surface area contributed by atoms with Crippen molar-refractivity contribution in [3.8, 4) is 5.75 Å². The van der Waals surface area contributed by atoms with Crippen LogP contribution in [-0.4, -0.2) is 57.6 Å². The van der Waals surface area contributed by atoms with Gasteiger partial charge < -0.3 is 15.0 Å². The highest BCUT2D eigenvalue weighted by Crippen LogP contribution is 2.23. The van der Waals surface area contributed by atoms with Gasteiger partial charge in [0, 0.05) is 38.5 Å². The number of likely N-dealkylation sites (N-methyl/N-ethyl adjacent to an activating group) is 1. The Morgan fingerprint density at radius 2 is 1.62 bits per heavy atom. The lowest BCUT2D eigenvalue weighted by molar-refractivity contribution is -0.141. The van der Waals surface area contributed by atoms with Crippen molar-refractivity contribution >= 4 is 27.5 Å². The summed E-state index contributed by atoms with van der Waals surface area (Å²) in [7, 11) is -2.14. The van der Waals surface area contributed by atoms with Crippen LogP contribution in [0.3, 0.4) is 0 Å². The summed E-state index contributed by atoms with van der Waals surface area (Å²) >= 11 is 0. The van der Waals surface area contributed by atoms with Gasteiger partial charge in [0.05, 0.1) is 18.6 Å². The van der Waals surface area contributed by atoms with Gasteiger partial charge in [-0.3, -0.25) is 13.9 Å². The summed E-state index contributed by atoms with van der Waals surface area (Å²) in [5.74, 6) is -0.611. The zero-order valence-electron chi connectivity index (χ0n) is 23.0. The predicted molar refractivity (Wildman–Crippen MR) is 154 cm³/mol. The zero-order chi connectivity index (χ0) is 29.1. The molecule has 3 aromatic carbocycles. The Hall–Kier alpha value is -3.92. The Kier molecular flexibility index (Phi) is 11.1. The van der Waals surface area contributed by atoms with Crippen LogP contribution < -0.4 is 14.4 Å². The first-order valence-corrected chi connectivity index (χ1v) is 15.0. The van der Waals surface area contributed by atoms with Crippen molar-refractivity contribution in [3.63, 3.8) is 0 Å². The molecule has 0 radical (unpaired) electrons. The minimum atomic E-state index is -3.64. The third-order valence-electron chi connectivity index (χ3n) is 6.40. The van der Waals surface area contributed by atoms with Gasteiger partial charge in [-0.05, 0) is 49.2 Å². The van der Waals surface area contributed by atoms with E-state index in [9.17, 15) is 22.4 Å². The quantitative estimate of drug-likeness (QED) is 0.315. The number of rotatable bonds is 14. The Labute approximate surface area is 235 Å². The largest absolute Gasteiger partial charge is 0.494 e. The van der Waals surface area contributed by atoms with Gasteiger partial charge >= 0.3 is 0 Å². The molecule has 8 nitrogen and oxygen atoms in total. The van der Waals surface area contributed by atoms with E-state index in [2.05, 4.69) is 5.32 Å². The van der Waals surface area contributed by atoms with Crippen molar-refractivity contribution in [2.45, 2.75) is 38.8 Å². The first-order valence-electron chi connectivity index (χ1n) is 13.1. The third-order valence-corrected chi connectivity index (χ3v) is 7.60. The molecule has 0 bridgehead atoms. The van der Waals surface area contributed by atoms with Crippen molar-refractivity contribution in [3.05, 3.63) is 95.8 Å². The number of halogens is 1. The minimum absolute atomic E-state index is 0.0419. The number of anilines is 1. The number of hydrogen-bond donors (Lipinski definition) is 1. The van der Waals surface area contributed by atoms with Crippen LogP contribution in [0.15, 0.2) is 78.9 Å². The second-order valence-corrected chi connectivity index (χ2v) is 11.2. The number of sulfonamides is 1. The monoisotopic (exact) mass is 569 g/mol. The molecule has 1 N–H and O–H groups in total. The van der Waals surface area contributed by atoms with Gasteiger partial charge in [-0.2, -0.15) is 0 Å². The third kappa shape index (κ3) is 8.54. The SMILES string of the molecule is CCOc1ccc(N(CCCC(=O)N(Cc2ccccc2F)C(Cc2ccccc2)C(=O)NC)S(C)(=O)=O)cc1. The molecule has 0 aliphatic heterocycles. The molecule has 0 aliphatic rings. The minimum Gasteiger partial charge on any atom is -0.494 e. The number of ether oxygens (including phenoxy) is 1. The average molecular weight is 570 g/mol. The number of carbonyl (C=O) groups excluding carboxylic acids is 2. The smallest absolute Gasteiger partial charge is 0.242 e. The molecule has 3 rings (SSSR count). The van der Waals surface area contributed by atoms with Crippen molar-refractivity contribution in [1.82, 2.24) is 10.2 Å². The average Bonchev–Trinajstić information content (AvgIpc) is 2.94. The molecular formula is C30H36FN3O5S. The summed E-state index contributed by atoms with van der Waals surface area (Å²) in [6, 6.07) is 21.2. The molecule has 214 valence electrons. The van der Waals surface area contributed by atoms with Gasteiger partial charge in [-0.1, -0.05) is 48.5 Å². The van der Waals surface area contributed by atoms with Crippen LogP contribution in [0.5, 0.6) is 5.75 Å².